The minimum absolute atomic E-state index is 0.568. The molecule has 6 heteroatoms. The number of rotatable bonds is 8. The Hall–Kier alpha value is -1.49. The van der Waals surface area contributed by atoms with Crippen LogP contribution in [-0.4, -0.2) is 27.6 Å². The van der Waals surface area contributed by atoms with E-state index in [9.17, 15) is 0 Å². The van der Waals surface area contributed by atoms with Gasteiger partial charge in [-0.2, -0.15) is 9.61 Å². The molecule has 5 rings (SSSR count). The molecule has 3 aromatic rings. The van der Waals surface area contributed by atoms with Crippen LogP contribution in [0.15, 0.2) is 22.6 Å². The van der Waals surface area contributed by atoms with E-state index in [2.05, 4.69) is 11.8 Å². The second kappa shape index (κ2) is 7.64. The maximum absolute atomic E-state index is 6.53. The van der Waals surface area contributed by atoms with Crippen LogP contribution >= 0.6 is 23.2 Å². The van der Waals surface area contributed by atoms with Crippen LogP contribution in [0.4, 0.5) is 0 Å². The van der Waals surface area contributed by atoms with Gasteiger partial charge in [0, 0.05) is 29.6 Å². The lowest BCUT2D eigenvalue weighted by Gasteiger charge is -2.21. The van der Waals surface area contributed by atoms with Crippen molar-refractivity contribution in [3.63, 3.8) is 0 Å². The van der Waals surface area contributed by atoms with Crippen molar-refractivity contribution in [2.45, 2.75) is 58.4 Å². The van der Waals surface area contributed by atoms with Crippen molar-refractivity contribution in [2.24, 2.45) is 5.92 Å². The van der Waals surface area contributed by atoms with Crippen molar-refractivity contribution in [3.8, 4) is 11.3 Å². The summed E-state index contributed by atoms with van der Waals surface area (Å²) in [5.41, 5.74) is 5.20. The summed E-state index contributed by atoms with van der Waals surface area (Å²) in [5.74, 6) is 2.28. The van der Waals surface area contributed by atoms with Crippen LogP contribution in [0.2, 0.25) is 10.0 Å². The molecule has 0 atom stereocenters. The minimum atomic E-state index is 0.568. The number of fused-ring (bicyclic) bond motifs is 1. The van der Waals surface area contributed by atoms with Gasteiger partial charge in [0.2, 0.25) is 5.71 Å². The van der Waals surface area contributed by atoms with Gasteiger partial charge in [-0.05, 0) is 69.7 Å². The van der Waals surface area contributed by atoms with E-state index in [4.69, 9.17) is 32.7 Å². The molecule has 0 spiro atoms. The highest BCUT2D eigenvalue weighted by Gasteiger charge is 2.34. The highest BCUT2D eigenvalue weighted by molar-refractivity contribution is 6.36. The van der Waals surface area contributed by atoms with Crippen LogP contribution in [0, 0.1) is 12.8 Å². The minimum Gasteiger partial charge on any atom is -0.441 e. The molecule has 29 heavy (non-hydrogen) atoms. The van der Waals surface area contributed by atoms with Gasteiger partial charge in [0.1, 0.15) is 11.5 Å². The molecule has 0 amide bonds. The topological polar surface area (TPSA) is 33.7 Å². The Bertz CT molecular complexity index is 1050. The monoisotopic (exact) mass is 431 g/mol. The Morgan fingerprint density at radius 1 is 1.21 bits per heavy atom. The molecule has 1 aromatic carbocycles. The molecule has 0 N–H and O–H groups in total. The predicted molar refractivity (Wildman–Crippen MR) is 118 cm³/mol. The van der Waals surface area contributed by atoms with E-state index in [1.54, 1.807) is 6.07 Å². The number of benzene rings is 1. The number of aryl methyl sites for hydroxylation is 1. The van der Waals surface area contributed by atoms with Crippen LogP contribution in [0.3, 0.4) is 0 Å². The summed E-state index contributed by atoms with van der Waals surface area (Å²) >= 11 is 12.6. The lowest BCUT2D eigenvalue weighted by atomic mass is 10.1. The van der Waals surface area contributed by atoms with Crippen molar-refractivity contribution in [3.05, 3.63) is 45.3 Å². The van der Waals surface area contributed by atoms with E-state index in [-0.39, 0.29) is 0 Å². The average molecular weight is 432 g/mol. The maximum atomic E-state index is 6.53. The number of aromatic nitrogens is 2. The van der Waals surface area contributed by atoms with E-state index in [0.717, 1.165) is 41.7 Å². The molecule has 154 valence electrons. The molecule has 2 aliphatic rings. The van der Waals surface area contributed by atoms with Crippen molar-refractivity contribution >= 4 is 28.9 Å². The fourth-order valence-corrected chi connectivity index (χ4v) is 4.81. The first-order chi connectivity index (χ1) is 14.0. The zero-order valence-corrected chi connectivity index (χ0v) is 18.6. The number of halogens is 2. The summed E-state index contributed by atoms with van der Waals surface area (Å²) in [7, 11) is 0. The first-order valence-corrected chi connectivity index (χ1v) is 11.5. The smallest absolute Gasteiger partial charge is 0.227 e. The summed E-state index contributed by atoms with van der Waals surface area (Å²) in [6.45, 7) is 7.47. The lowest BCUT2D eigenvalue weighted by Crippen LogP contribution is -2.26. The van der Waals surface area contributed by atoms with E-state index in [0.29, 0.717) is 16.0 Å². The van der Waals surface area contributed by atoms with Crippen LogP contribution < -0.4 is 0 Å². The SMILES string of the molecule is CCCN(Cc1c(C2CC2)nn2c(-c3ccc(Cl)cc3Cl)c(C)oc12)CC1CC1. The van der Waals surface area contributed by atoms with Gasteiger partial charge in [-0.3, -0.25) is 4.90 Å². The van der Waals surface area contributed by atoms with E-state index >= 15 is 0 Å². The summed E-state index contributed by atoms with van der Waals surface area (Å²) in [5, 5.41) is 6.30. The fraction of sp³-hybridized carbons (Fsp3) is 0.522. The van der Waals surface area contributed by atoms with Gasteiger partial charge in [0.25, 0.3) is 0 Å². The fourth-order valence-electron chi connectivity index (χ4n) is 4.31. The summed E-state index contributed by atoms with van der Waals surface area (Å²) in [6.07, 6.45) is 6.36. The van der Waals surface area contributed by atoms with Crippen molar-refractivity contribution < 1.29 is 4.42 Å². The number of nitrogens with zero attached hydrogens (tertiary/aromatic N) is 3. The molecule has 4 nitrogen and oxygen atoms in total. The van der Waals surface area contributed by atoms with Gasteiger partial charge >= 0.3 is 0 Å². The Kier molecular flexibility index (Phi) is 5.13. The molecule has 0 bridgehead atoms. The quantitative estimate of drug-likeness (QED) is 0.397. The average Bonchev–Trinajstić information content (AvgIpc) is 3.59. The van der Waals surface area contributed by atoms with Crippen molar-refractivity contribution in [1.82, 2.24) is 14.5 Å². The third kappa shape index (κ3) is 3.83. The summed E-state index contributed by atoms with van der Waals surface area (Å²) < 4.78 is 8.29. The molecular weight excluding hydrogens is 405 g/mol. The highest BCUT2D eigenvalue weighted by Crippen LogP contribution is 2.44. The Morgan fingerprint density at radius 3 is 2.66 bits per heavy atom. The molecule has 0 aliphatic heterocycles. The van der Waals surface area contributed by atoms with E-state index in [1.807, 2.05) is 23.6 Å². The van der Waals surface area contributed by atoms with Crippen LogP contribution in [-0.2, 0) is 6.54 Å². The Labute approximate surface area is 181 Å². The molecule has 0 radical (unpaired) electrons. The third-order valence-electron chi connectivity index (χ3n) is 6.05. The number of hydrogen-bond donors (Lipinski definition) is 0. The summed E-state index contributed by atoms with van der Waals surface area (Å²) in [4.78, 5) is 2.59. The largest absolute Gasteiger partial charge is 0.441 e. The standard InChI is InChI=1S/C23H27Cl2N3O/c1-3-10-27(12-15-4-5-15)13-19-21(16-6-7-16)26-28-22(14(2)29-23(19)28)18-9-8-17(24)11-20(18)25/h8-9,11,15-16H,3-7,10,12-13H2,1-2H3. The second-order valence-corrected chi connectivity index (χ2v) is 9.51. The molecule has 0 unspecified atom stereocenters. The molecule has 2 saturated carbocycles. The molecular formula is C23H27Cl2N3O. The van der Waals surface area contributed by atoms with Crippen LogP contribution in [0.25, 0.3) is 17.0 Å². The zero-order valence-electron chi connectivity index (χ0n) is 17.0. The Morgan fingerprint density at radius 2 is 2.00 bits per heavy atom. The van der Waals surface area contributed by atoms with E-state index in [1.165, 1.54) is 49.9 Å². The number of hydrogen-bond acceptors (Lipinski definition) is 3. The molecule has 2 aromatic heterocycles. The first kappa shape index (κ1) is 19.5. The van der Waals surface area contributed by atoms with Crippen LogP contribution in [0.1, 0.15) is 62.0 Å². The molecule has 2 aliphatic carbocycles. The van der Waals surface area contributed by atoms with Crippen molar-refractivity contribution in [2.75, 3.05) is 13.1 Å². The molecule has 2 heterocycles. The van der Waals surface area contributed by atoms with Gasteiger partial charge in [-0.1, -0.05) is 30.1 Å². The van der Waals surface area contributed by atoms with Gasteiger partial charge in [-0.15, -0.1) is 0 Å². The third-order valence-corrected chi connectivity index (χ3v) is 6.60. The Balaban J connectivity index is 1.59. The molecule has 0 saturated heterocycles. The maximum Gasteiger partial charge on any atom is 0.227 e. The predicted octanol–water partition coefficient (Wildman–Crippen LogP) is 6.71. The normalized spacial score (nSPS) is 17.0. The second-order valence-electron chi connectivity index (χ2n) is 8.66. The van der Waals surface area contributed by atoms with E-state index < -0.39 is 0 Å². The zero-order chi connectivity index (χ0) is 20.1. The van der Waals surface area contributed by atoms with Gasteiger partial charge in [0.05, 0.1) is 16.3 Å². The van der Waals surface area contributed by atoms with Gasteiger partial charge < -0.3 is 4.42 Å². The van der Waals surface area contributed by atoms with Gasteiger partial charge in [0.15, 0.2) is 0 Å². The molecule has 2 fully saturated rings. The first-order valence-electron chi connectivity index (χ1n) is 10.7. The lowest BCUT2D eigenvalue weighted by molar-refractivity contribution is 0.254. The van der Waals surface area contributed by atoms with Crippen molar-refractivity contribution in [1.29, 1.82) is 0 Å². The highest BCUT2D eigenvalue weighted by atomic mass is 35.5. The van der Waals surface area contributed by atoms with Gasteiger partial charge in [-0.25, -0.2) is 0 Å². The van der Waals surface area contributed by atoms with Crippen LogP contribution in [0.5, 0.6) is 0 Å². The summed E-state index contributed by atoms with van der Waals surface area (Å²) in [6, 6.07) is 5.60. The number of oxazole rings is 1.